The molecule has 2 N–H and O–H groups in total. The Balaban J connectivity index is 1.25. The van der Waals surface area contributed by atoms with Gasteiger partial charge in [-0.05, 0) is 61.7 Å². The molecule has 0 saturated carbocycles. The second kappa shape index (κ2) is 10.9. The van der Waals surface area contributed by atoms with Gasteiger partial charge in [0.05, 0.1) is 11.0 Å². The number of pyridine rings is 1. The van der Waals surface area contributed by atoms with Gasteiger partial charge in [-0.25, -0.2) is 19.2 Å². The molecule has 39 heavy (non-hydrogen) atoms. The maximum Gasteiger partial charge on any atom is 0.413 e. The number of halogens is 1. The van der Waals surface area contributed by atoms with Crippen molar-refractivity contribution in [3.05, 3.63) is 66.1 Å². The van der Waals surface area contributed by atoms with Crippen LogP contribution in [0.1, 0.15) is 39.2 Å². The van der Waals surface area contributed by atoms with Crippen LogP contribution in [0.4, 0.5) is 26.6 Å². The van der Waals surface area contributed by atoms with Gasteiger partial charge < -0.3 is 19.4 Å². The zero-order chi connectivity index (χ0) is 27.7. The molecule has 3 heterocycles. The Hall–Kier alpha value is -4.18. The predicted molar refractivity (Wildman–Crippen MR) is 149 cm³/mol. The number of likely N-dealkylation sites (tertiary alicyclic amines) is 1. The highest BCUT2D eigenvalue weighted by Gasteiger charge is 2.31. The lowest BCUT2D eigenvalue weighted by molar-refractivity contribution is -0.0234. The first kappa shape index (κ1) is 26.4. The Morgan fingerprint density at radius 1 is 1.05 bits per heavy atom. The van der Waals surface area contributed by atoms with E-state index in [1.807, 2.05) is 49.7 Å². The number of carbonyl (C=O) groups excluding carboxylic acids is 1. The van der Waals surface area contributed by atoms with E-state index in [0.29, 0.717) is 34.9 Å². The summed E-state index contributed by atoms with van der Waals surface area (Å²) in [5, 5.41) is 5.96. The SMILES string of the molecule is CC(C)c1cc(Nc2nc3cc(Oc4ccnc(NC(=O)OC5CN(C(C)C)C5)c4)ccc3n2C)ccc1F. The van der Waals surface area contributed by atoms with Crippen LogP contribution < -0.4 is 15.4 Å². The molecule has 1 saturated heterocycles. The largest absolute Gasteiger partial charge is 0.457 e. The summed E-state index contributed by atoms with van der Waals surface area (Å²) in [5.74, 6) is 1.91. The second-order valence-electron chi connectivity index (χ2n) is 10.3. The summed E-state index contributed by atoms with van der Waals surface area (Å²) < 4.78 is 27.5. The highest BCUT2D eigenvalue weighted by Crippen LogP contribution is 2.30. The van der Waals surface area contributed by atoms with Gasteiger partial charge in [0, 0.05) is 50.2 Å². The number of rotatable bonds is 8. The Morgan fingerprint density at radius 3 is 2.56 bits per heavy atom. The van der Waals surface area contributed by atoms with Gasteiger partial charge in [0.2, 0.25) is 5.95 Å². The number of nitrogens with zero attached hydrogens (tertiary/aromatic N) is 4. The Morgan fingerprint density at radius 2 is 1.82 bits per heavy atom. The van der Waals surface area contributed by atoms with Crippen LogP contribution in [0, 0.1) is 5.82 Å². The Labute approximate surface area is 227 Å². The fraction of sp³-hybridized carbons (Fsp3) is 0.345. The average molecular weight is 533 g/mol. The number of fused-ring (bicyclic) bond motifs is 1. The highest BCUT2D eigenvalue weighted by molar-refractivity contribution is 5.84. The fourth-order valence-electron chi connectivity index (χ4n) is 4.48. The summed E-state index contributed by atoms with van der Waals surface area (Å²) >= 11 is 0. The lowest BCUT2D eigenvalue weighted by atomic mass is 10.0. The maximum atomic E-state index is 14.1. The van der Waals surface area contributed by atoms with E-state index in [4.69, 9.17) is 14.5 Å². The van der Waals surface area contributed by atoms with Crippen molar-refractivity contribution < 1.29 is 18.7 Å². The molecule has 0 atom stereocenters. The molecule has 0 unspecified atom stereocenters. The summed E-state index contributed by atoms with van der Waals surface area (Å²) in [7, 11) is 1.91. The number of benzene rings is 2. The molecule has 4 aromatic rings. The first-order valence-electron chi connectivity index (χ1n) is 13.0. The topological polar surface area (TPSA) is 93.5 Å². The molecule has 0 radical (unpaired) electrons. The molecule has 0 aliphatic carbocycles. The zero-order valence-electron chi connectivity index (χ0n) is 22.7. The van der Waals surface area contributed by atoms with Gasteiger partial charge in [-0.1, -0.05) is 13.8 Å². The van der Waals surface area contributed by atoms with E-state index < -0.39 is 6.09 Å². The van der Waals surface area contributed by atoms with Gasteiger partial charge in [-0.2, -0.15) is 0 Å². The van der Waals surface area contributed by atoms with Crippen molar-refractivity contribution in [1.29, 1.82) is 0 Å². The van der Waals surface area contributed by atoms with Gasteiger partial charge in [-0.3, -0.25) is 10.2 Å². The van der Waals surface area contributed by atoms with Crippen LogP contribution in [0.3, 0.4) is 0 Å². The van der Waals surface area contributed by atoms with E-state index in [0.717, 1.165) is 29.8 Å². The zero-order valence-corrected chi connectivity index (χ0v) is 22.7. The lowest BCUT2D eigenvalue weighted by Crippen LogP contribution is -2.55. The van der Waals surface area contributed by atoms with Crippen molar-refractivity contribution >= 4 is 34.6 Å². The second-order valence-corrected chi connectivity index (χ2v) is 10.3. The van der Waals surface area contributed by atoms with Crippen LogP contribution >= 0.6 is 0 Å². The number of ether oxygens (including phenoxy) is 2. The van der Waals surface area contributed by atoms with Crippen LogP contribution in [0.2, 0.25) is 0 Å². The highest BCUT2D eigenvalue weighted by atomic mass is 19.1. The number of carbonyl (C=O) groups is 1. The molecule has 5 rings (SSSR count). The average Bonchev–Trinajstić information content (AvgIpc) is 3.16. The number of hydrogen-bond acceptors (Lipinski definition) is 7. The number of hydrogen-bond donors (Lipinski definition) is 2. The normalized spacial score (nSPS) is 14.1. The summed E-state index contributed by atoms with van der Waals surface area (Å²) in [6.07, 6.45) is 0.908. The minimum absolute atomic E-state index is 0.0693. The van der Waals surface area contributed by atoms with Crippen molar-refractivity contribution in [1.82, 2.24) is 19.4 Å². The molecule has 1 fully saturated rings. The summed E-state index contributed by atoms with van der Waals surface area (Å²) in [4.78, 5) is 23.4. The van der Waals surface area contributed by atoms with Crippen molar-refractivity contribution in [2.45, 2.75) is 45.8 Å². The lowest BCUT2D eigenvalue weighted by Gasteiger charge is -2.40. The molecule has 10 heteroatoms. The molecule has 1 aliphatic rings. The van der Waals surface area contributed by atoms with Crippen LogP contribution in [0.15, 0.2) is 54.7 Å². The third-order valence-corrected chi connectivity index (χ3v) is 6.80. The smallest absolute Gasteiger partial charge is 0.413 e. The van der Waals surface area contributed by atoms with Gasteiger partial charge in [0.1, 0.15) is 29.2 Å². The van der Waals surface area contributed by atoms with E-state index >= 15 is 0 Å². The molecule has 1 aliphatic heterocycles. The number of aryl methyl sites for hydroxylation is 1. The Kier molecular flexibility index (Phi) is 7.38. The van der Waals surface area contributed by atoms with E-state index in [9.17, 15) is 9.18 Å². The van der Waals surface area contributed by atoms with E-state index in [2.05, 4.69) is 34.4 Å². The van der Waals surface area contributed by atoms with Gasteiger partial charge in [0.15, 0.2) is 0 Å². The van der Waals surface area contributed by atoms with Crippen molar-refractivity contribution in [2.24, 2.45) is 7.05 Å². The minimum Gasteiger partial charge on any atom is -0.457 e. The van der Waals surface area contributed by atoms with Gasteiger partial charge in [-0.15, -0.1) is 0 Å². The Bertz CT molecular complexity index is 1500. The van der Waals surface area contributed by atoms with Crippen molar-refractivity contribution in [3.8, 4) is 11.5 Å². The molecule has 2 aromatic carbocycles. The molecular weight excluding hydrogens is 499 g/mol. The minimum atomic E-state index is -0.537. The monoisotopic (exact) mass is 532 g/mol. The molecule has 0 spiro atoms. The van der Waals surface area contributed by atoms with E-state index in [1.165, 1.54) is 6.07 Å². The van der Waals surface area contributed by atoms with Crippen LogP contribution in [-0.4, -0.2) is 50.8 Å². The standard InChI is InChI=1S/C29H33FN6O3/c1-17(2)23-12-19(6-8-24(23)30)32-28-33-25-13-20(7-9-26(25)35(28)5)38-21-10-11-31-27(14-21)34-29(37)39-22-15-36(16-22)18(3)4/h6-14,17-18,22H,15-16H2,1-5H3,(H,32,33)(H,31,34,37). The summed E-state index contributed by atoms with van der Waals surface area (Å²) in [6, 6.07) is 14.4. The molecular formula is C29H33FN6O3. The quantitative estimate of drug-likeness (QED) is 0.271. The first-order valence-corrected chi connectivity index (χ1v) is 13.0. The predicted octanol–water partition coefficient (Wildman–Crippen LogP) is 6.41. The summed E-state index contributed by atoms with van der Waals surface area (Å²) in [5.41, 5.74) is 3.05. The molecule has 0 bridgehead atoms. The van der Waals surface area contributed by atoms with Gasteiger partial charge >= 0.3 is 6.09 Å². The van der Waals surface area contributed by atoms with Crippen molar-refractivity contribution in [2.75, 3.05) is 23.7 Å². The van der Waals surface area contributed by atoms with Crippen LogP contribution in [-0.2, 0) is 11.8 Å². The third kappa shape index (κ3) is 5.96. The molecule has 1 amide bonds. The summed E-state index contributed by atoms with van der Waals surface area (Å²) in [6.45, 7) is 9.62. The maximum absolute atomic E-state index is 14.1. The molecule has 9 nitrogen and oxygen atoms in total. The number of imidazole rings is 1. The first-order chi connectivity index (χ1) is 18.7. The number of anilines is 3. The van der Waals surface area contributed by atoms with Gasteiger partial charge in [0.25, 0.3) is 0 Å². The number of amides is 1. The number of aromatic nitrogens is 3. The molecule has 2 aromatic heterocycles. The van der Waals surface area contributed by atoms with E-state index in [1.54, 1.807) is 24.4 Å². The van der Waals surface area contributed by atoms with E-state index in [-0.39, 0.29) is 17.8 Å². The van der Waals surface area contributed by atoms with Crippen LogP contribution in [0.25, 0.3) is 11.0 Å². The van der Waals surface area contributed by atoms with Crippen molar-refractivity contribution in [3.63, 3.8) is 0 Å². The number of nitrogens with one attached hydrogen (secondary N) is 2. The fourth-order valence-corrected chi connectivity index (χ4v) is 4.48. The third-order valence-electron chi connectivity index (χ3n) is 6.80. The molecule has 204 valence electrons. The van der Waals surface area contributed by atoms with Crippen LogP contribution in [0.5, 0.6) is 11.5 Å².